The number of anilines is 2. The second-order valence-corrected chi connectivity index (χ2v) is 6.48. The highest BCUT2D eigenvalue weighted by atomic mass is 16.5. The van der Waals surface area contributed by atoms with Crippen LogP contribution in [0.3, 0.4) is 0 Å². The molecule has 2 N–H and O–H groups in total. The van der Waals surface area contributed by atoms with Crippen LogP contribution in [0.4, 0.5) is 11.4 Å². The van der Waals surface area contributed by atoms with E-state index in [0.717, 1.165) is 16.9 Å². The molecule has 0 atom stereocenters. The molecule has 0 bridgehead atoms. The number of carbonyl (C=O) groups excluding carboxylic acids is 2. The van der Waals surface area contributed by atoms with Crippen LogP contribution < -0.4 is 15.4 Å². The number of nitrogens with one attached hydrogen (secondary N) is 2. The number of aryl methyl sites for hydroxylation is 2. The lowest BCUT2D eigenvalue weighted by Crippen LogP contribution is -2.16. The van der Waals surface area contributed by atoms with E-state index < -0.39 is 0 Å². The van der Waals surface area contributed by atoms with Crippen molar-refractivity contribution in [3.63, 3.8) is 0 Å². The highest BCUT2D eigenvalue weighted by Crippen LogP contribution is 2.18. The third kappa shape index (κ3) is 5.48. The summed E-state index contributed by atoms with van der Waals surface area (Å²) in [6.45, 7) is 4.29. The fourth-order valence-electron chi connectivity index (χ4n) is 2.78. The number of amides is 2. The number of carbonyl (C=O) groups is 2. The van der Waals surface area contributed by atoms with Crippen LogP contribution in [0.1, 0.15) is 28.1 Å². The van der Waals surface area contributed by atoms with Crippen LogP contribution in [0, 0.1) is 13.8 Å². The summed E-state index contributed by atoms with van der Waals surface area (Å²) in [6, 6.07) is 16.1. The summed E-state index contributed by atoms with van der Waals surface area (Å²) in [5.74, 6) is 0.458. The van der Waals surface area contributed by atoms with Gasteiger partial charge in [0.1, 0.15) is 5.75 Å². The van der Waals surface area contributed by atoms with E-state index in [9.17, 15) is 9.59 Å². The quantitative estimate of drug-likeness (QED) is 0.632. The Labute approximate surface area is 163 Å². The van der Waals surface area contributed by atoms with Gasteiger partial charge in [0, 0.05) is 11.4 Å². The van der Waals surface area contributed by atoms with E-state index in [2.05, 4.69) is 16.7 Å². The van der Waals surface area contributed by atoms with Crippen LogP contribution >= 0.6 is 0 Å². The van der Waals surface area contributed by atoms with Crippen molar-refractivity contribution in [2.24, 2.45) is 0 Å². The lowest BCUT2D eigenvalue weighted by Gasteiger charge is -2.10. The Morgan fingerprint density at radius 3 is 2.32 bits per heavy atom. The maximum absolute atomic E-state index is 12.2. The molecular formula is C22H22N2O4. The van der Waals surface area contributed by atoms with E-state index >= 15 is 0 Å². The Bertz CT molecular complexity index is 944. The Balaban J connectivity index is 1.50. The normalized spacial score (nSPS) is 10.4. The summed E-state index contributed by atoms with van der Waals surface area (Å²) >= 11 is 0. The first-order valence-corrected chi connectivity index (χ1v) is 8.95. The van der Waals surface area contributed by atoms with Gasteiger partial charge in [0.2, 0.25) is 5.91 Å². The minimum Gasteiger partial charge on any atom is -0.493 e. The summed E-state index contributed by atoms with van der Waals surface area (Å²) in [7, 11) is 0. The third-order valence-electron chi connectivity index (χ3n) is 3.94. The molecule has 6 nitrogen and oxygen atoms in total. The standard InChI is InChI=1S/C22H22N2O4/c1-15-11-16(2)13-19(12-15)27-10-8-21(25)23-17-5-3-6-18(14-17)24-22(26)20-7-4-9-28-20/h3-7,9,11-14H,8,10H2,1-2H3,(H,23,25)(H,24,26). The van der Waals surface area contributed by atoms with E-state index in [0.29, 0.717) is 11.4 Å². The molecule has 2 aromatic carbocycles. The number of furan rings is 1. The predicted molar refractivity (Wildman–Crippen MR) is 108 cm³/mol. The minimum atomic E-state index is -0.352. The van der Waals surface area contributed by atoms with Crippen LogP contribution in [-0.2, 0) is 4.79 Å². The van der Waals surface area contributed by atoms with Crippen LogP contribution in [-0.4, -0.2) is 18.4 Å². The molecule has 0 saturated carbocycles. The van der Waals surface area contributed by atoms with Crippen molar-refractivity contribution < 1.29 is 18.7 Å². The second-order valence-electron chi connectivity index (χ2n) is 6.48. The largest absolute Gasteiger partial charge is 0.493 e. The molecule has 144 valence electrons. The summed E-state index contributed by atoms with van der Waals surface area (Å²) in [5, 5.41) is 5.53. The smallest absolute Gasteiger partial charge is 0.291 e. The number of hydrogen-bond acceptors (Lipinski definition) is 4. The Morgan fingerprint density at radius 2 is 1.64 bits per heavy atom. The van der Waals surface area contributed by atoms with Crippen LogP contribution in [0.5, 0.6) is 5.75 Å². The molecular weight excluding hydrogens is 356 g/mol. The van der Waals surface area contributed by atoms with E-state index in [1.165, 1.54) is 6.26 Å². The van der Waals surface area contributed by atoms with Gasteiger partial charge >= 0.3 is 0 Å². The summed E-state index contributed by atoms with van der Waals surface area (Å²) in [5.41, 5.74) is 3.39. The van der Waals surface area contributed by atoms with E-state index in [4.69, 9.17) is 9.15 Å². The predicted octanol–water partition coefficient (Wildman–Crippen LogP) is 4.56. The van der Waals surface area contributed by atoms with E-state index in [1.807, 2.05) is 26.0 Å². The topological polar surface area (TPSA) is 80.6 Å². The molecule has 0 aliphatic rings. The van der Waals surface area contributed by atoms with E-state index in [1.54, 1.807) is 36.4 Å². The molecule has 0 aliphatic heterocycles. The van der Waals surface area contributed by atoms with Crippen molar-refractivity contribution in [3.8, 4) is 5.75 Å². The van der Waals surface area contributed by atoms with Crippen molar-refractivity contribution >= 4 is 23.2 Å². The first-order chi connectivity index (χ1) is 13.5. The Kier molecular flexibility index (Phi) is 6.11. The van der Waals surface area contributed by atoms with Crippen molar-refractivity contribution in [1.29, 1.82) is 0 Å². The zero-order valence-corrected chi connectivity index (χ0v) is 15.8. The number of rotatable bonds is 7. The van der Waals surface area contributed by atoms with Gasteiger partial charge in [-0.1, -0.05) is 12.1 Å². The fourth-order valence-corrected chi connectivity index (χ4v) is 2.78. The lowest BCUT2D eigenvalue weighted by atomic mass is 10.1. The highest BCUT2D eigenvalue weighted by molar-refractivity contribution is 6.02. The van der Waals surface area contributed by atoms with Crippen LogP contribution in [0.2, 0.25) is 0 Å². The molecule has 0 spiro atoms. The molecule has 0 fully saturated rings. The van der Waals surface area contributed by atoms with Crippen LogP contribution in [0.25, 0.3) is 0 Å². The number of benzene rings is 2. The SMILES string of the molecule is Cc1cc(C)cc(OCCC(=O)Nc2cccc(NC(=O)c3ccco3)c2)c1. The number of hydrogen-bond donors (Lipinski definition) is 2. The maximum atomic E-state index is 12.2. The monoisotopic (exact) mass is 378 g/mol. The van der Waals surface area contributed by atoms with Gasteiger partial charge in [-0.3, -0.25) is 9.59 Å². The maximum Gasteiger partial charge on any atom is 0.291 e. The molecule has 6 heteroatoms. The minimum absolute atomic E-state index is 0.168. The molecule has 0 radical (unpaired) electrons. The lowest BCUT2D eigenvalue weighted by molar-refractivity contribution is -0.116. The fraction of sp³-hybridized carbons (Fsp3) is 0.182. The third-order valence-corrected chi connectivity index (χ3v) is 3.94. The number of ether oxygens (including phenoxy) is 1. The molecule has 0 saturated heterocycles. The molecule has 0 aliphatic carbocycles. The van der Waals surface area contributed by atoms with Gasteiger partial charge in [-0.25, -0.2) is 0 Å². The van der Waals surface area contributed by atoms with Crippen molar-refractivity contribution in [2.75, 3.05) is 17.2 Å². The van der Waals surface area contributed by atoms with Gasteiger partial charge < -0.3 is 19.8 Å². The Morgan fingerprint density at radius 1 is 0.929 bits per heavy atom. The first kappa shape index (κ1) is 19.2. The first-order valence-electron chi connectivity index (χ1n) is 8.95. The average molecular weight is 378 g/mol. The zero-order valence-electron chi connectivity index (χ0n) is 15.8. The van der Waals surface area contributed by atoms with Crippen molar-refractivity contribution in [1.82, 2.24) is 0 Å². The Hall–Kier alpha value is -3.54. The second kappa shape index (κ2) is 8.90. The molecule has 2 amide bonds. The summed E-state index contributed by atoms with van der Waals surface area (Å²) < 4.78 is 10.7. The molecule has 28 heavy (non-hydrogen) atoms. The van der Waals surface area contributed by atoms with Gasteiger partial charge in [0.25, 0.3) is 5.91 Å². The molecule has 1 aromatic heterocycles. The van der Waals surface area contributed by atoms with Gasteiger partial charge in [0.15, 0.2) is 5.76 Å². The van der Waals surface area contributed by atoms with Crippen molar-refractivity contribution in [3.05, 3.63) is 77.7 Å². The van der Waals surface area contributed by atoms with Gasteiger partial charge in [-0.05, 0) is 67.4 Å². The van der Waals surface area contributed by atoms with Gasteiger partial charge in [-0.2, -0.15) is 0 Å². The summed E-state index contributed by atoms with van der Waals surface area (Å²) in [4.78, 5) is 24.2. The molecule has 1 heterocycles. The van der Waals surface area contributed by atoms with Crippen LogP contribution in [0.15, 0.2) is 65.3 Å². The van der Waals surface area contributed by atoms with Crippen molar-refractivity contribution in [2.45, 2.75) is 20.3 Å². The van der Waals surface area contributed by atoms with Gasteiger partial charge in [-0.15, -0.1) is 0 Å². The molecule has 3 aromatic rings. The summed E-state index contributed by atoms with van der Waals surface area (Å²) in [6.07, 6.45) is 1.65. The van der Waals surface area contributed by atoms with E-state index in [-0.39, 0.29) is 30.6 Å². The molecule has 0 unspecified atom stereocenters. The zero-order chi connectivity index (χ0) is 19.9. The average Bonchev–Trinajstić information content (AvgIpc) is 3.16. The van der Waals surface area contributed by atoms with Gasteiger partial charge in [0.05, 0.1) is 19.3 Å². The highest BCUT2D eigenvalue weighted by Gasteiger charge is 2.09. The molecule has 3 rings (SSSR count).